The van der Waals surface area contributed by atoms with Crippen molar-refractivity contribution in [2.24, 2.45) is 0 Å². The number of fused-ring (bicyclic) bond motifs is 3. The molecule has 0 bridgehead atoms. The molecule has 3 aromatic rings. The highest BCUT2D eigenvalue weighted by atomic mass is 35.5. The molecule has 0 atom stereocenters. The zero-order valence-electron chi connectivity index (χ0n) is 10.8. The number of alkyl halides is 3. The molecule has 0 N–H and O–H groups in total. The van der Waals surface area contributed by atoms with Gasteiger partial charge in [0.1, 0.15) is 12.1 Å². The lowest BCUT2D eigenvalue weighted by atomic mass is 10.4. The summed E-state index contributed by atoms with van der Waals surface area (Å²) in [7, 11) is 0. The molecule has 0 aromatic carbocycles. The fourth-order valence-corrected chi connectivity index (χ4v) is 1.91. The van der Waals surface area contributed by atoms with Gasteiger partial charge in [-0.15, -0.1) is 10.2 Å². The van der Waals surface area contributed by atoms with E-state index in [4.69, 9.17) is 16.3 Å². The van der Waals surface area contributed by atoms with E-state index < -0.39 is 12.0 Å². The predicted molar refractivity (Wildman–Crippen MR) is 71.6 cm³/mol. The molecule has 0 unspecified atom stereocenters. The van der Waals surface area contributed by atoms with E-state index in [9.17, 15) is 13.2 Å². The molecule has 22 heavy (non-hydrogen) atoms. The Bertz CT molecular complexity index is 876. The molecule has 3 rings (SSSR count). The highest BCUT2D eigenvalue weighted by Crippen LogP contribution is 2.31. The summed E-state index contributed by atoms with van der Waals surface area (Å²) in [5.74, 6) is -1.34. The average molecular weight is 330 g/mol. The second-order valence-electron chi connectivity index (χ2n) is 4.25. The van der Waals surface area contributed by atoms with Crippen LogP contribution in [-0.2, 0) is 6.18 Å². The van der Waals surface area contributed by atoms with Crippen LogP contribution in [0.1, 0.15) is 5.82 Å². The number of pyridine rings is 1. The van der Waals surface area contributed by atoms with Gasteiger partial charge in [-0.2, -0.15) is 13.2 Å². The van der Waals surface area contributed by atoms with Crippen molar-refractivity contribution in [3.05, 3.63) is 35.8 Å². The van der Waals surface area contributed by atoms with E-state index in [1.165, 1.54) is 12.3 Å². The first-order chi connectivity index (χ1) is 10.4. The maximum atomic E-state index is 13.1. The van der Waals surface area contributed by atoms with Crippen molar-refractivity contribution in [2.45, 2.75) is 6.18 Å². The Hall–Kier alpha value is -2.42. The molecule has 6 nitrogen and oxygen atoms in total. The van der Waals surface area contributed by atoms with E-state index in [0.717, 1.165) is 4.40 Å². The van der Waals surface area contributed by atoms with Crippen LogP contribution in [0, 0.1) is 0 Å². The minimum atomic E-state index is -4.70. The second-order valence-corrected chi connectivity index (χ2v) is 4.78. The minimum absolute atomic E-state index is 0.0214. The summed E-state index contributed by atoms with van der Waals surface area (Å²) in [5.41, 5.74) is -0.0150. The third kappa shape index (κ3) is 2.43. The maximum absolute atomic E-state index is 13.1. The quantitative estimate of drug-likeness (QED) is 0.739. The van der Waals surface area contributed by atoms with Crippen molar-refractivity contribution in [3.63, 3.8) is 0 Å². The van der Waals surface area contributed by atoms with Gasteiger partial charge < -0.3 is 4.74 Å². The standard InChI is InChI=1S/C12H7ClF3N5O/c1-6(13)5-22-10-9-19-20-11(12(14,15)16)21(9)8-7(18-10)3-2-4-17-8/h2-4H,1,5H2. The molecule has 3 heterocycles. The molecule has 114 valence electrons. The van der Waals surface area contributed by atoms with Crippen molar-refractivity contribution in [3.8, 4) is 5.88 Å². The van der Waals surface area contributed by atoms with E-state index in [1.807, 2.05) is 0 Å². The molecule has 3 aromatic heterocycles. The molecule has 0 spiro atoms. The monoisotopic (exact) mass is 329 g/mol. The number of hydrogen-bond acceptors (Lipinski definition) is 5. The van der Waals surface area contributed by atoms with Crippen LogP contribution in [-0.4, -0.2) is 31.2 Å². The lowest BCUT2D eigenvalue weighted by Gasteiger charge is -2.09. The third-order valence-corrected chi connectivity index (χ3v) is 2.78. The van der Waals surface area contributed by atoms with Gasteiger partial charge in [0.2, 0.25) is 11.5 Å². The fourth-order valence-electron chi connectivity index (χ4n) is 1.86. The van der Waals surface area contributed by atoms with E-state index >= 15 is 0 Å². The summed E-state index contributed by atoms with van der Waals surface area (Å²) >= 11 is 5.59. The molecule has 0 saturated carbocycles. The van der Waals surface area contributed by atoms with Crippen LogP contribution in [0.4, 0.5) is 13.2 Å². The summed E-state index contributed by atoms with van der Waals surface area (Å²) in [6.07, 6.45) is -3.34. The van der Waals surface area contributed by atoms with Crippen LogP contribution < -0.4 is 4.74 Å². The molecule has 0 aliphatic carbocycles. The maximum Gasteiger partial charge on any atom is 0.452 e. The Kier molecular flexibility index (Phi) is 3.36. The van der Waals surface area contributed by atoms with Crippen LogP contribution in [0.5, 0.6) is 5.88 Å². The summed E-state index contributed by atoms with van der Waals surface area (Å²) in [5, 5.41) is 6.85. The summed E-state index contributed by atoms with van der Waals surface area (Å²) in [6.45, 7) is 3.31. The van der Waals surface area contributed by atoms with Crippen LogP contribution in [0.3, 0.4) is 0 Å². The Morgan fingerprint density at radius 1 is 1.32 bits per heavy atom. The number of halogens is 4. The molecule has 0 amide bonds. The van der Waals surface area contributed by atoms with Gasteiger partial charge in [-0.05, 0) is 12.1 Å². The Labute approximate surface area is 126 Å². The molecule has 0 saturated heterocycles. The van der Waals surface area contributed by atoms with Gasteiger partial charge in [0, 0.05) is 11.2 Å². The summed E-state index contributed by atoms with van der Waals surface area (Å²) in [4.78, 5) is 8.01. The minimum Gasteiger partial charge on any atom is -0.469 e. The average Bonchev–Trinajstić information content (AvgIpc) is 2.90. The van der Waals surface area contributed by atoms with Crippen molar-refractivity contribution in [1.82, 2.24) is 24.6 Å². The summed E-state index contributed by atoms with van der Waals surface area (Å²) < 4.78 is 45.2. The van der Waals surface area contributed by atoms with E-state index in [0.29, 0.717) is 0 Å². The van der Waals surface area contributed by atoms with E-state index in [2.05, 4.69) is 26.7 Å². The SMILES string of the molecule is C=C(Cl)COc1nc2cccnc2n2c(C(F)(F)F)nnc12. The van der Waals surface area contributed by atoms with E-state index in [1.54, 1.807) is 6.07 Å². The molecule has 0 radical (unpaired) electrons. The van der Waals surface area contributed by atoms with Gasteiger partial charge in [-0.1, -0.05) is 18.2 Å². The number of hydrogen-bond donors (Lipinski definition) is 0. The van der Waals surface area contributed by atoms with Crippen molar-refractivity contribution in [1.29, 1.82) is 0 Å². The second kappa shape index (κ2) is 5.09. The van der Waals surface area contributed by atoms with Gasteiger partial charge in [0.05, 0.1) is 0 Å². The van der Waals surface area contributed by atoms with Gasteiger partial charge in [-0.3, -0.25) is 0 Å². The molecule has 0 aliphatic rings. The van der Waals surface area contributed by atoms with Crippen molar-refractivity contribution < 1.29 is 17.9 Å². The third-order valence-electron chi connectivity index (χ3n) is 2.67. The van der Waals surface area contributed by atoms with Crippen LogP contribution in [0.25, 0.3) is 16.8 Å². The van der Waals surface area contributed by atoms with Crippen LogP contribution in [0.2, 0.25) is 0 Å². The summed E-state index contributed by atoms with van der Waals surface area (Å²) in [6, 6.07) is 3.05. The highest BCUT2D eigenvalue weighted by Gasteiger charge is 2.38. The van der Waals surface area contributed by atoms with Gasteiger partial charge >= 0.3 is 6.18 Å². The topological polar surface area (TPSA) is 65.2 Å². The van der Waals surface area contributed by atoms with Gasteiger partial charge in [0.15, 0.2) is 5.65 Å². The van der Waals surface area contributed by atoms with Crippen molar-refractivity contribution in [2.75, 3.05) is 6.61 Å². The number of nitrogens with zero attached hydrogens (tertiary/aromatic N) is 5. The van der Waals surface area contributed by atoms with Crippen LogP contribution >= 0.6 is 11.6 Å². The number of ether oxygens (including phenoxy) is 1. The first-order valence-electron chi connectivity index (χ1n) is 5.91. The molecular formula is C12H7ClF3N5O. The zero-order valence-corrected chi connectivity index (χ0v) is 11.6. The van der Waals surface area contributed by atoms with Crippen molar-refractivity contribution >= 4 is 28.4 Å². The van der Waals surface area contributed by atoms with E-state index in [-0.39, 0.29) is 34.3 Å². The molecule has 0 fully saturated rings. The predicted octanol–water partition coefficient (Wildman–Crippen LogP) is 2.82. The zero-order chi connectivity index (χ0) is 15.9. The smallest absolute Gasteiger partial charge is 0.452 e. The first-order valence-corrected chi connectivity index (χ1v) is 6.29. The molecule has 10 heteroatoms. The normalized spacial score (nSPS) is 12.0. The molecule has 0 aliphatic heterocycles. The highest BCUT2D eigenvalue weighted by molar-refractivity contribution is 6.29. The Morgan fingerprint density at radius 2 is 2.09 bits per heavy atom. The number of rotatable bonds is 3. The first kappa shape index (κ1) is 14.5. The number of aromatic nitrogens is 5. The lowest BCUT2D eigenvalue weighted by molar-refractivity contribution is -0.145. The fraction of sp³-hybridized carbons (Fsp3) is 0.167. The largest absolute Gasteiger partial charge is 0.469 e. The lowest BCUT2D eigenvalue weighted by Crippen LogP contribution is -2.12. The van der Waals surface area contributed by atoms with Crippen LogP contribution in [0.15, 0.2) is 29.9 Å². The Balaban J connectivity index is 2.32. The van der Waals surface area contributed by atoms with Gasteiger partial charge in [0.25, 0.3) is 5.88 Å². The Morgan fingerprint density at radius 3 is 2.77 bits per heavy atom. The van der Waals surface area contributed by atoms with Gasteiger partial charge in [-0.25, -0.2) is 14.4 Å². The molecular weight excluding hydrogens is 323 g/mol.